The van der Waals surface area contributed by atoms with E-state index >= 15 is 0 Å². The van der Waals surface area contributed by atoms with Gasteiger partial charge in [-0.3, -0.25) is 9.59 Å². The molecule has 3 aromatic carbocycles. The largest absolute Gasteiger partial charge is 0.456 e. The molecule has 0 heterocycles. The maximum absolute atomic E-state index is 13.3. The Morgan fingerprint density at radius 3 is 2.32 bits per heavy atom. The Labute approximate surface area is 175 Å². The van der Waals surface area contributed by atoms with Crippen LogP contribution in [0.5, 0.6) is 11.5 Å². The highest BCUT2D eigenvalue weighted by Crippen LogP contribution is 2.35. The lowest BCUT2D eigenvalue weighted by molar-refractivity contribution is -0.137. The van der Waals surface area contributed by atoms with Gasteiger partial charge in [-0.25, -0.2) is 4.39 Å². The number of benzene rings is 3. The van der Waals surface area contributed by atoms with Gasteiger partial charge < -0.3 is 10.5 Å². The predicted molar refractivity (Wildman–Crippen MR) is 106 cm³/mol. The summed E-state index contributed by atoms with van der Waals surface area (Å²) in [4.78, 5) is 24.2. The number of Topliss-reactive ketones (excluding diaryl/α,β-unsaturated/α-hetero) is 1. The molecule has 0 unspecified atom stereocenters. The van der Waals surface area contributed by atoms with Gasteiger partial charge in [0.15, 0.2) is 5.78 Å². The first-order valence-electron chi connectivity index (χ1n) is 9.12. The average molecular weight is 431 g/mol. The molecule has 0 saturated carbocycles. The van der Waals surface area contributed by atoms with E-state index in [1.54, 1.807) is 13.0 Å². The van der Waals surface area contributed by atoms with Crippen LogP contribution in [0.1, 0.15) is 37.4 Å². The fourth-order valence-corrected chi connectivity index (χ4v) is 2.97. The van der Waals surface area contributed by atoms with E-state index in [1.807, 2.05) is 0 Å². The number of ketones is 1. The summed E-state index contributed by atoms with van der Waals surface area (Å²) in [6.07, 6.45) is -4.94. The second kappa shape index (κ2) is 8.59. The van der Waals surface area contributed by atoms with E-state index in [4.69, 9.17) is 10.5 Å². The molecule has 0 bridgehead atoms. The average Bonchev–Trinajstić information content (AvgIpc) is 2.69. The quantitative estimate of drug-likeness (QED) is 0.416. The van der Waals surface area contributed by atoms with E-state index < -0.39 is 29.2 Å². The molecule has 0 radical (unpaired) electrons. The number of carbonyl (C=O) groups excluding carboxylic acids is 2. The van der Waals surface area contributed by atoms with Crippen LogP contribution in [-0.4, -0.2) is 11.7 Å². The molecule has 1 amide bonds. The first-order chi connectivity index (χ1) is 14.5. The summed E-state index contributed by atoms with van der Waals surface area (Å²) in [7, 11) is 0. The topological polar surface area (TPSA) is 69.4 Å². The third-order valence-electron chi connectivity index (χ3n) is 4.54. The minimum absolute atomic E-state index is 0.0984. The smallest absolute Gasteiger partial charge is 0.416 e. The van der Waals surface area contributed by atoms with E-state index in [2.05, 4.69) is 0 Å². The van der Waals surface area contributed by atoms with Crippen LogP contribution < -0.4 is 10.5 Å². The van der Waals surface area contributed by atoms with Gasteiger partial charge in [-0.15, -0.1) is 0 Å². The summed E-state index contributed by atoms with van der Waals surface area (Å²) in [5.74, 6) is -1.74. The Morgan fingerprint density at radius 1 is 0.968 bits per heavy atom. The highest BCUT2D eigenvalue weighted by Gasteiger charge is 2.32. The summed E-state index contributed by atoms with van der Waals surface area (Å²) < 4.78 is 58.7. The number of primary amides is 1. The molecule has 0 spiro atoms. The summed E-state index contributed by atoms with van der Waals surface area (Å²) in [6.45, 7) is 1.57. The molecule has 3 aromatic rings. The van der Waals surface area contributed by atoms with Crippen molar-refractivity contribution in [1.82, 2.24) is 0 Å². The minimum atomic E-state index is -4.66. The molecule has 0 aliphatic rings. The normalized spacial score (nSPS) is 11.3. The van der Waals surface area contributed by atoms with Gasteiger partial charge in [-0.05, 0) is 66.6 Å². The Bertz CT molecular complexity index is 1160. The second-order valence-corrected chi connectivity index (χ2v) is 6.89. The highest BCUT2D eigenvalue weighted by molar-refractivity contribution is 6.00. The number of halogens is 4. The van der Waals surface area contributed by atoms with Crippen LogP contribution in [0.15, 0.2) is 60.7 Å². The first kappa shape index (κ1) is 22.0. The highest BCUT2D eigenvalue weighted by atomic mass is 19.4. The molecule has 0 fully saturated rings. The fraction of sp³-hybridized carbons (Fsp3) is 0.130. The van der Waals surface area contributed by atoms with Crippen molar-refractivity contribution >= 4 is 11.7 Å². The minimum Gasteiger partial charge on any atom is -0.456 e. The van der Waals surface area contributed by atoms with Crippen LogP contribution in [0.4, 0.5) is 17.6 Å². The molecule has 0 saturated heterocycles. The van der Waals surface area contributed by atoms with Crippen molar-refractivity contribution in [2.45, 2.75) is 19.5 Å². The van der Waals surface area contributed by atoms with Crippen molar-refractivity contribution in [3.63, 3.8) is 0 Å². The number of carbonyl (C=O) groups is 2. The Hall–Kier alpha value is -3.68. The lowest BCUT2D eigenvalue weighted by atomic mass is 9.98. The van der Waals surface area contributed by atoms with E-state index in [0.29, 0.717) is 17.2 Å². The molecule has 3 rings (SSSR count). The Kier molecular flexibility index (Phi) is 6.10. The van der Waals surface area contributed by atoms with Crippen molar-refractivity contribution in [1.29, 1.82) is 0 Å². The molecule has 4 nitrogen and oxygen atoms in total. The maximum atomic E-state index is 13.3. The molecular weight excluding hydrogens is 414 g/mol. The Morgan fingerprint density at radius 2 is 1.68 bits per heavy atom. The van der Waals surface area contributed by atoms with Gasteiger partial charge in [0.05, 0.1) is 11.1 Å². The van der Waals surface area contributed by atoms with Gasteiger partial charge in [0.1, 0.15) is 17.3 Å². The van der Waals surface area contributed by atoms with Crippen LogP contribution >= 0.6 is 0 Å². The SMILES string of the molecule is Cc1cc(F)ccc1Oc1ccc(C(F)(F)F)cc1C(=O)Cc1cccc(C(N)=O)c1. The van der Waals surface area contributed by atoms with Gasteiger partial charge in [-0.1, -0.05) is 12.1 Å². The molecule has 2 N–H and O–H groups in total. The molecule has 31 heavy (non-hydrogen) atoms. The van der Waals surface area contributed by atoms with Crippen LogP contribution in [0.3, 0.4) is 0 Å². The number of alkyl halides is 3. The molecular formula is C23H17F4NO3. The van der Waals surface area contributed by atoms with Crippen molar-refractivity contribution in [3.05, 3.63) is 94.3 Å². The third kappa shape index (κ3) is 5.28. The number of hydrogen-bond acceptors (Lipinski definition) is 3. The third-order valence-corrected chi connectivity index (χ3v) is 4.54. The monoisotopic (exact) mass is 431 g/mol. The van der Waals surface area contributed by atoms with Crippen LogP contribution in [0.2, 0.25) is 0 Å². The number of nitrogens with two attached hydrogens (primary N) is 1. The zero-order valence-electron chi connectivity index (χ0n) is 16.3. The molecule has 0 aliphatic heterocycles. The van der Waals surface area contributed by atoms with Crippen molar-refractivity contribution in [3.8, 4) is 11.5 Å². The zero-order valence-corrected chi connectivity index (χ0v) is 16.3. The summed E-state index contributed by atoms with van der Waals surface area (Å²) in [6, 6.07) is 12.2. The van der Waals surface area contributed by atoms with Crippen molar-refractivity contribution in [2.75, 3.05) is 0 Å². The maximum Gasteiger partial charge on any atom is 0.416 e. The standard InChI is InChI=1S/C23H17F4NO3/c1-13-9-17(24)6-8-20(13)31-21-7-5-16(23(25,26)27)12-18(21)19(29)11-14-3-2-4-15(10-14)22(28)30/h2-10,12H,11H2,1H3,(H2,28,30). The summed E-state index contributed by atoms with van der Waals surface area (Å²) in [5, 5.41) is 0. The van der Waals surface area contributed by atoms with Crippen LogP contribution in [0, 0.1) is 12.7 Å². The second-order valence-electron chi connectivity index (χ2n) is 6.89. The van der Waals surface area contributed by atoms with Crippen LogP contribution in [0.25, 0.3) is 0 Å². The summed E-state index contributed by atoms with van der Waals surface area (Å²) in [5.41, 5.74) is 4.92. The van der Waals surface area contributed by atoms with Crippen LogP contribution in [-0.2, 0) is 12.6 Å². The van der Waals surface area contributed by atoms with Gasteiger partial charge in [-0.2, -0.15) is 13.2 Å². The van der Waals surface area contributed by atoms with E-state index in [1.165, 1.54) is 30.3 Å². The van der Waals surface area contributed by atoms with E-state index in [0.717, 1.165) is 18.2 Å². The molecule has 8 heteroatoms. The number of hydrogen-bond donors (Lipinski definition) is 1. The van der Waals surface area contributed by atoms with E-state index in [9.17, 15) is 27.2 Å². The van der Waals surface area contributed by atoms with Crippen molar-refractivity contribution < 1.29 is 31.9 Å². The van der Waals surface area contributed by atoms with Gasteiger partial charge in [0, 0.05) is 12.0 Å². The zero-order chi connectivity index (χ0) is 22.8. The lowest BCUT2D eigenvalue weighted by Gasteiger charge is -2.15. The summed E-state index contributed by atoms with van der Waals surface area (Å²) >= 11 is 0. The number of ether oxygens (including phenoxy) is 1. The molecule has 0 aliphatic carbocycles. The molecule has 0 aromatic heterocycles. The van der Waals surface area contributed by atoms with Crippen molar-refractivity contribution in [2.24, 2.45) is 5.73 Å². The fourth-order valence-electron chi connectivity index (χ4n) is 2.97. The molecule has 0 atom stereocenters. The number of rotatable bonds is 6. The van der Waals surface area contributed by atoms with E-state index in [-0.39, 0.29) is 29.0 Å². The Balaban J connectivity index is 2.00. The van der Waals surface area contributed by atoms with Gasteiger partial charge >= 0.3 is 6.18 Å². The first-order valence-corrected chi connectivity index (χ1v) is 9.12. The number of amides is 1. The van der Waals surface area contributed by atoms with Gasteiger partial charge in [0.25, 0.3) is 0 Å². The number of aryl methyl sites for hydroxylation is 1. The predicted octanol–water partition coefficient (Wildman–Crippen LogP) is 5.47. The lowest BCUT2D eigenvalue weighted by Crippen LogP contribution is -2.13. The molecule has 160 valence electrons. The van der Waals surface area contributed by atoms with Gasteiger partial charge in [0.2, 0.25) is 5.91 Å².